The molecule has 0 atom stereocenters. The number of esters is 1. The highest BCUT2D eigenvalue weighted by atomic mass is 35.5. The first kappa shape index (κ1) is 14.7. The van der Waals surface area contributed by atoms with Crippen molar-refractivity contribution >= 4 is 40.1 Å². The number of ether oxygens (including phenoxy) is 1. The first-order chi connectivity index (χ1) is 10.0. The Morgan fingerprint density at radius 2 is 2.14 bits per heavy atom. The fraction of sp³-hybridized carbons (Fsp3) is 0.400. The van der Waals surface area contributed by atoms with Crippen molar-refractivity contribution in [3.8, 4) is 0 Å². The van der Waals surface area contributed by atoms with Crippen LogP contribution in [0.25, 0.3) is 11.0 Å². The molecule has 0 fully saturated rings. The summed E-state index contributed by atoms with van der Waals surface area (Å²) in [7, 11) is 2.00. The van der Waals surface area contributed by atoms with E-state index in [-0.39, 0.29) is 5.76 Å². The summed E-state index contributed by atoms with van der Waals surface area (Å²) in [5.41, 5.74) is 2.31. The molecule has 0 N–H and O–H groups in total. The summed E-state index contributed by atoms with van der Waals surface area (Å²) in [6.07, 6.45) is 0.789. The molecule has 0 amide bonds. The number of rotatable bonds is 2. The predicted molar refractivity (Wildman–Crippen MR) is 82.2 cm³/mol. The highest BCUT2D eigenvalue weighted by Crippen LogP contribution is 2.40. The highest BCUT2D eigenvalue weighted by molar-refractivity contribution is 6.39. The lowest BCUT2D eigenvalue weighted by atomic mass is 10.0. The van der Waals surface area contributed by atoms with Crippen molar-refractivity contribution in [2.45, 2.75) is 19.9 Å². The zero-order chi connectivity index (χ0) is 15.1. The summed E-state index contributed by atoms with van der Waals surface area (Å²) < 4.78 is 10.8. The molecule has 2 aromatic rings. The van der Waals surface area contributed by atoms with Gasteiger partial charge in [0.05, 0.1) is 11.6 Å². The Labute approximate surface area is 132 Å². The third-order valence-corrected chi connectivity index (χ3v) is 4.32. The molecule has 1 aliphatic rings. The van der Waals surface area contributed by atoms with Crippen molar-refractivity contribution in [2.24, 2.45) is 0 Å². The van der Waals surface area contributed by atoms with Crippen LogP contribution in [-0.2, 0) is 17.7 Å². The van der Waals surface area contributed by atoms with Gasteiger partial charge in [-0.3, -0.25) is 0 Å². The number of furan rings is 1. The lowest BCUT2D eigenvalue weighted by molar-refractivity contribution is 0.0489. The van der Waals surface area contributed by atoms with Crippen LogP contribution in [0.15, 0.2) is 10.5 Å². The Hall–Kier alpha value is -1.23. The lowest BCUT2D eigenvalue weighted by Gasteiger charge is -2.13. The fourth-order valence-electron chi connectivity index (χ4n) is 2.74. The third-order valence-electron chi connectivity index (χ3n) is 3.70. The molecular formula is C15H15Cl2NO3. The van der Waals surface area contributed by atoms with Gasteiger partial charge in [-0.1, -0.05) is 23.2 Å². The zero-order valence-electron chi connectivity index (χ0n) is 11.8. The van der Waals surface area contributed by atoms with Crippen molar-refractivity contribution in [3.63, 3.8) is 0 Å². The Balaban J connectivity index is 2.31. The molecule has 2 heterocycles. The smallest absolute Gasteiger partial charge is 0.374 e. The lowest BCUT2D eigenvalue weighted by Crippen LogP contribution is -2.20. The molecule has 0 saturated heterocycles. The summed E-state index contributed by atoms with van der Waals surface area (Å²) >= 11 is 12.6. The van der Waals surface area contributed by atoms with Gasteiger partial charge in [-0.25, -0.2) is 4.79 Å². The van der Waals surface area contributed by atoms with Crippen LogP contribution in [0, 0.1) is 0 Å². The fourth-order valence-corrected chi connectivity index (χ4v) is 3.34. The molecular weight excluding hydrogens is 313 g/mol. The number of halogens is 2. The summed E-state index contributed by atoms with van der Waals surface area (Å²) in [4.78, 5) is 14.3. The van der Waals surface area contributed by atoms with E-state index in [1.54, 1.807) is 13.0 Å². The molecule has 21 heavy (non-hydrogen) atoms. The molecule has 1 aromatic carbocycles. The van der Waals surface area contributed by atoms with Gasteiger partial charge in [0, 0.05) is 29.1 Å². The van der Waals surface area contributed by atoms with Crippen molar-refractivity contribution in [3.05, 3.63) is 33.0 Å². The standard InChI is InChI=1S/C15H15Cl2NO3/c1-3-20-15(19)13-9-7-18(2)5-4-8-10(16)6-11(17)14(21-13)12(8)9/h6H,3-5,7H2,1-2H3. The van der Waals surface area contributed by atoms with Crippen LogP contribution in [-0.4, -0.2) is 31.1 Å². The van der Waals surface area contributed by atoms with Crippen LogP contribution in [0.3, 0.4) is 0 Å². The van der Waals surface area contributed by atoms with Gasteiger partial charge in [0.25, 0.3) is 0 Å². The monoisotopic (exact) mass is 327 g/mol. The zero-order valence-corrected chi connectivity index (χ0v) is 13.3. The van der Waals surface area contributed by atoms with E-state index < -0.39 is 5.97 Å². The van der Waals surface area contributed by atoms with Crippen LogP contribution < -0.4 is 0 Å². The summed E-state index contributed by atoms with van der Waals surface area (Å²) in [5.74, 6) is -0.233. The number of benzene rings is 1. The molecule has 3 rings (SSSR count). The van der Waals surface area contributed by atoms with E-state index in [0.29, 0.717) is 28.8 Å². The molecule has 4 nitrogen and oxygen atoms in total. The van der Waals surface area contributed by atoms with Crippen LogP contribution in [0.5, 0.6) is 0 Å². The molecule has 1 aliphatic heterocycles. The predicted octanol–water partition coefficient (Wildman–Crippen LogP) is 3.90. The first-order valence-electron chi connectivity index (χ1n) is 6.80. The number of carbonyl (C=O) groups is 1. The maximum Gasteiger partial charge on any atom is 0.374 e. The summed E-state index contributed by atoms with van der Waals surface area (Å²) in [6, 6.07) is 1.67. The average molecular weight is 328 g/mol. The first-order valence-corrected chi connectivity index (χ1v) is 7.56. The Bertz CT molecular complexity index is 724. The Morgan fingerprint density at radius 1 is 1.38 bits per heavy atom. The molecule has 0 aliphatic carbocycles. The second-order valence-electron chi connectivity index (χ2n) is 5.14. The van der Waals surface area contributed by atoms with Gasteiger partial charge >= 0.3 is 5.97 Å². The SMILES string of the molecule is CCOC(=O)c1oc2c(Cl)cc(Cl)c3c2c1CN(C)CC3. The van der Waals surface area contributed by atoms with Crippen molar-refractivity contribution in [2.75, 3.05) is 20.2 Å². The van der Waals surface area contributed by atoms with Crippen LogP contribution in [0.1, 0.15) is 28.6 Å². The third kappa shape index (κ3) is 2.41. The number of carbonyl (C=O) groups excluding carboxylic acids is 1. The largest absolute Gasteiger partial charge is 0.460 e. The normalized spacial score (nSPS) is 15.2. The topological polar surface area (TPSA) is 42.7 Å². The van der Waals surface area contributed by atoms with Crippen molar-refractivity contribution in [1.82, 2.24) is 4.90 Å². The van der Waals surface area contributed by atoms with E-state index in [0.717, 1.165) is 29.5 Å². The number of likely N-dealkylation sites (N-methyl/N-ethyl adjacent to an activating group) is 1. The highest BCUT2D eigenvalue weighted by Gasteiger charge is 2.28. The summed E-state index contributed by atoms with van der Waals surface area (Å²) in [5, 5.41) is 1.89. The molecule has 1 aromatic heterocycles. The second kappa shape index (κ2) is 5.52. The molecule has 112 valence electrons. The average Bonchev–Trinajstić information content (AvgIpc) is 2.70. The molecule has 0 radical (unpaired) electrons. The minimum absolute atomic E-state index is 0.228. The van der Waals surface area contributed by atoms with E-state index >= 15 is 0 Å². The van der Waals surface area contributed by atoms with Gasteiger partial charge < -0.3 is 14.1 Å². The summed E-state index contributed by atoms with van der Waals surface area (Å²) in [6.45, 7) is 3.52. The number of hydrogen-bond acceptors (Lipinski definition) is 4. The van der Waals surface area contributed by atoms with Crippen molar-refractivity contribution in [1.29, 1.82) is 0 Å². The molecule has 0 saturated carbocycles. The molecule has 0 unspecified atom stereocenters. The molecule has 0 bridgehead atoms. The minimum atomic E-state index is -0.461. The van der Waals surface area contributed by atoms with Crippen LogP contribution in [0.2, 0.25) is 10.0 Å². The maximum atomic E-state index is 12.1. The van der Waals surface area contributed by atoms with E-state index in [9.17, 15) is 4.79 Å². The second-order valence-corrected chi connectivity index (χ2v) is 5.96. The van der Waals surface area contributed by atoms with E-state index in [1.165, 1.54) is 0 Å². The molecule has 0 spiro atoms. The quantitative estimate of drug-likeness (QED) is 0.784. The van der Waals surface area contributed by atoms with E-state index in [4.69, 9.17) is 32.4 Å². The van der Waals surface area contributed by atoms with Gasteiger partial charge in [0.2, 0.25) is 5.76 Å². The van der Waals surface area contributed by atoms with Gasteiger partial charge in [-0.15, -0.1) is 0 Å². The van der Waals surface area contributed by atoms with Gasteiger partial charge in [-0.2, -0.15) is 0 Å². The number of hydrogen-bond donors (Lipinski definition) is 0. The van der Waals surface area contributed by atoms with Gasteiger partial charge in [0.15, 0.2) is 5.58 Å². The van der Waals surface area contributed by atoms with Gasteiger partial charge in [-0.05, 0) is 32.0 Å². The van der Waals surface area contributed by atoms with Crippen LogP contribution in [0.4, 0.5) is 0 Å². The van der Waals surface area contributed by atoms with Gasteiger partial charge in [0.1, 0.15) is 0 Å². The van der Waals surface area contributed by atoms with Crippen molar-refractivity contribution < 1.29 is 13.9 Å². The minimum Gasteiger partial charge on any atom is -0.460 e. The Morgan fingerprint density at radius 3 is 2.86 bits per heavy atom. The Kier molecular flexibility index (Phi) is 3.86. The van der Waals surface area contributed by atoms with E-state index in [1.807, 2.05) is 7.05 Å². The molecule has 6 heteroatoms. The van der Waals surface area contributed by atoms with Crippen LogP contribution >= 0.6 is 23.2 Å². The maximum absolute atomic E-state index is 12.1. The number of nitrogens with zero attached hydrogens (tertiary/aromatic N) is 1. The van der Waals surface area contributed by atoms with E-state index in [2.05, 4.69) is 4.90 Å².